The highest BCUT2D eigenvalue weighted by Crippen LogP contribution is 2.25. The lowest BCUT2D eigenvalue weighted by Crippen LogP contribution is -2.16. The second kappa shape index (κ2) is 5.81. The van der Waals surface area contributed by atoms with Crippen LogP contribution >= 0.6 is 11.6 Å². The van der Waals surface area contributed by atoms with Crippen molar-refractivity contribution in [2.45, 2.75) is 32.4 Å². The fourth-order valence-corrected chi connectivity index (χ4v) is 2.07. The maximum absolute atomic E-state index is 6.01. The third-order valence-corrected chi connectivity index (χ3v) is 3.71. The van der Waals surface area contributed by atoms with Crippen molar-refractivity contribution in [3.05, 3.63) is 52.7 Å². The van der Waals surface area contributed by atoms with Crippen molar-refractivity contribution < 1.29 is 4.74 Å². The molecule has 0 saturated heterocycles. The van der Waals surface area contributed by atoms with E-state index in [1.807, 2.05) is 43.3 Å². The molecular weight excluding hydrogens is 272 g/mol. The summed E-state index contributed by atoms with van der Waals surface area (Å²) in [5.41, 5.74) is 2.00. The lowest BCUT2D eigenvalue weighted by atomic mass is 10.2. The van der Waals surface area contributed by atoms with Gasteiger partial charge in [-0.25, -0.2) is 4.98 Å². The second-order valence-corrected chi connectivity index (χ2v) is 5.54. The van der Waals surface area contributed by atoms with Crippen LogP contribution in [0.3, 0.4) is 0 Å². The maximum Gasteiger partial charge on any atom is 0.219 e. The summed E-state index contributed by atoms with van der Waals surface area (Å²) in [6.45, 7) is 2.75. The molecule has 0 radical (unpaired) electrons. The molecule has 0 spiro atoms. The van der Waals surface area contributed by atoms with Crippen molar-refractivity contribution in [1.82, 2.24) is 10.3 Å². The normalized spacial score (nSPS) is 14.3. The summed E-state index contributed by atoms with van der Waals surface area (Å²) in [7, 11) is 0. The van der Waals surface area contributed by atoms with Gasteiger partial charge in [-0.05, 0) is 49.6 Å². The van der Waals surface area contributed by atoms with E-state index in [0.717, 1.165) is 28.6 Å². The Balaban J connectivity index is 1.69. The van der Waals surface area contributed by atoms with E-state index in [-0.39, 0.29) is 0 Å². The van der Waals surface area contributed by atoms with Crippen LogP contribution in [0.25, 0.3) is 0 Å². The first-order valence-corrected chi connectivity index (χ1v) is 7.22. The molecule has 1 aromatic heterocycles. The molecule has 1 N–H and O–H groups in total. The van der Waals surface area contributed by atoms with Gasteiger partial charge in [0.05, 0.1) is 5.69 Å². The van der Waals surface area contributed by atoms with Gasteiger partial charge in [-0.2, -0.15) is 0 Å². The summed E-state index contributed by atoms with van der Waals surface area (Å²) in [6, 6.07) is 12.1. The predicted octanol–water partition coefficient (Wildman–Crippen LogP) is 4.09. The van der Waals surface area contributed by atoms with E-state index >= 15 is 0 Å². The molecule has 1 saturated carbocycles. The van der Waals surface area contributed by atoms with Crippen LogP contribution in [0, 0.1) is 6.92 Å². The third-order valence-electron chi connectivity index (χ3n) is 3.28. The Hall–Kier alpha value is -1.58. The number of rotatable bonds is 5. The maximum atomic E-state index is 6.01. The Morgan fingerprint density at radius 1 is 1.30 bits per heavy atom. The van der Waals surface area contributed by atoms with E-state index in [1.54, 1.807) is 0 Å². The Bertz CT molecular complexity index is 611. The second-order valence-electron chi connectivity index (χ2n) is 5.14. The summed E-state index contributed by atoms with van der Waals surface area (Å²) in [5, 5.41) is 4.19. The van der Waals surface area contributed by atoms with E-state index in [9.17, 15) is 0 Å². The molecule has 0 unspecified atom stereocenters. The molecule has 3 rings (SSSR count). The standard InChI is InChI=1S/C16H17ClN2O/c1-11-9-14(7-8-15(11)17)20-16-4-2-3-13(19-16)10-18-12-5-6-12/h2-4,7-9,12,18H,5-6,10H2,1H3. The van der Waals surface area contributed by atoms with E-state index in [2.05, 4.69) is 10.3 Å². The molecule has 1 aromatic carbocycles. The number of pyridine rings is 1. The van der Waals surface area contributed by atoms with Crippen molar-refractivity contribution in [1.29, 1.82) is 0 Å². The molecule has 20 heavy (non-hydrogen) atoms. The van der Waals surface area contributed by atoms with E-state index in [0.29, 0.717) is 11.9 Å². The summed E-state index contributed by atoms with van der Waals surface area (Å²) in [5.74, 6) is 1.37. The van der Waals surface area contributed by atoms with Crippen LogP contribution in [0.5, 0.6) is 11.6 Å². The van der Waals surface area contributed by atoms with E-state index in [4.69, 9.17) is 16.3 Å². The van der Waals surface area contributed by atoms with Crippen LogP contribution in [-0.4, -0.2) is 11.0 Å². The van der Waals surface area contributed by atoms with Crippen molar-refractivity contribution >= 4 is 11.6 Å². The Kier molecular flexibility index (Phi) is 3.90. The van der Waals surface area contributed by atoms with Crippen molar-refractivity contribution in [2.24, 2.45) is 0 Å². The van der Waals surface area contributed by atoms with Gasteiger partial charge >= 0.3 is 0 Å². The summed E-state index contributed by atoms with van der Waals surface area (Å²) >= 11 is 6.01. The van der Waals surface area contributed by atoms with Crippen LogP contribution in [-0.2, 0) is 6.54 Å². The highest BCUT2D eigenvalue weighted by atomic mass is 35.5. The lowest BCUT2D eigenvalue weighted by molar-refractivity contribution is 0.459. The van der Waals surface area contributed by atoms with Crippen LogP contribution in [0.4, 0.5) is 0 Å². The van der Waals surface area contributed by atoms with Crippen LogP contribution in [0.15, 0.2) is 36.4 Å². The number of nitrogens with one attached hydrogen (secondary N) is 1. The molecule has 3 nitrogen and oxygen atoms in total. The average molecular weight is 289 g/mol. The summed E-state index contributed by atoms with van der Waals surface area (Å²) in [4.78, 5) is 4.50. The average Bonchev–Trinajstić information content (AvgIpc) is 3.25. The van der Waals surface area contributed by atoms with Gasteiger partial charge in [-0.1, -0.05) is 17.7 Å². The van der Waals surface area contributed by atoms with Gasteiger partial charge in [0.15, 0.2) is 0 Å². The number of ether oxygens (including phenoxy) is 1. The zero-order chi connectivity index (χ0) is 13.9. The molecule has 1 aliphatic rings. The van der Waals surface area contributed by atoms with Crippen molar-refractivity contribution in [2.75, 3.05) is 0 Å². The Labute approximate surface area is 123 Å². The first-order valence-electron chi connectivity index (χ1n) is 6.84. The van der Waals surface area contributed by atoms with Gasteiger partial charge in [0.2, 0.25) is 5.88 Å². The first-order chi connectivity index (χ1) is 9.70. The molecule has 1 aliphatic carbocycles. The summed E-state index contributed by atoms with van der Waals surface area (Å²) < 4.78 is 5.78. The smallest absolute Gasteiger partial charge is 0.219 e. The molecule has 0 atom stereocenters. The number of hydrogen-bond donors (Lipinski definition) is 1. The zero-order valence-corrected chi connectivity index (χ0v) is 12.2. The van der Waals surface area contributed by atoms with Crippen LogP contribution < -0.4 is 10.1 Å². The largest absolute Gasteiger partial charge is 0.439 e. The fraction of sp³-hybridized carbons (Fsp3) is 0.312. The number of aromatic nitrogens is 1. The minimum Gasteiger partial charge on any atom is -0.439 e. The minimum atomic E-state index is 0.613. The Morgan fingerprint density at radius 2 is 2.15 bits per heavy atom. The van der Waals surface area contributed by atoms with Gasteiger partial charge in [0.1, 0.15) is 5.75 Å². The zero-order valence-electron chi connectivity index (χ0n) is 11.4. The fourth-order valence-electron chi connectivity index (χ4n) is 1.95. The molecular formula is C16H17ClN2O. The van der Waals surface area contributed by atoms with E-state index < -0.39 is 0 Å². The third kappa shape index (κ3) is 3.50. The number of benzene rings is 1. The number of halogens is 1. The van der Waals surface area contributed by atoms with Gasteiger partial charge in [0.25, 0.3) is 0 Å². The molecule has 4 heteroatoms. The number of aryl methyl sites for hydroxylation is 1. The number of hydrogen-bond acceptors (Lipinski definition) is 3. The SMILES string of the molecule is Cc1cc(Oc2cccc(CNC3CC3)n2)ccc1Cl. The highest BCUT2D eigenvalue weighted by Gasteiger charge is 2.20. The molecule has 2 aromatic rings. The van der Waals surface area contributed by atoms with Crippen molar-refractivity contribution in [3.8, 4) is 11.6 Å². The molecule has 104 valence electrons. The molecule has 0 amide bonds. The Morgan fingerprint density at radius 3 is 2.90 bits per heavy atom. The minimum absolute atomic E-state index is 0.613. The highest BCUT2D eigenvalue weighted by molar-refractivity contribution is 6.31. The van der Waals surface area contributed by atoms with Crippen molar-refractivity contribution in [3.63, 3.8) is 0 Å². The predicted molar refractivity (Wildman–Crippen MR) is 80.4 cm³/mol. The van der Waals surface area contributed by atoms with Gasteiger partial charge in [-0.3, -0.25) is 0 Å². The van der Waals surface area contributed by atoms with Crippen LogP contribution in [0.1, 0.15) is 24.1 Å². The van der Waals surface area contributed by atoms with Gasteiger partial charge < -0.3 is 10.1 Å². The van der Waals surface area contributed by atoms with Gasteiger partial charge in [0, 0.05) is 23.7 Å². The lowest BCUT2D eigenvalue weighted by Gasteiger charge is -2.08. The molecule has 0 aliphatic heterocycles. The monoisotopic (exact) mass is 288 g/mol. The molecule has 1 heterocycles. The van der Waals surface area contributed by atoms with E-state index in [1.165, 1.54) is 12.8 Å². The van der Waals surface area contributed by atoms with Gasteiger partial charge in [-0.15, -0.1) is 0 Å². The topological polar surface area (TPSA) is 34.1 Å². The molecule has 0 bridgehead atoms. The molecule has 1 fully saturated rings. The first kappa shape index (κ1) is 13.4. The quantitative estimate of drug-likeness (QED) is 0.900. The van der Waals surface area contributed by atoms with Crippen LogP contribution in [0.2, 0.25) is 5.02 Å². The summed E-state index contributed by atoms with van der Waals surface area (Å²) in [6.07, 6.45) is 2.56. The number of nitrogens with zero attached hydrogens (tertiary/aromatic N) is 1.